The zero-order chi connectivity index (χ0) is 18.9. The number of para-hydroxylation sites is 1. The van der Waals surface area contributed by atoms with Crippen LogP contribution in [-0.2, 0) is 13.1 Å². The normalized spacial score (nSPS) is 11.3. The average molecular weight is 381 g/mol. The number of thiazole rings is 1. The van der Waals surface area contributed by atoms with Gasteiger partial charge in [-0.25, -0.2) is 9.98 Å². The smallest absolute Gasteiger partial charge is 0.191 e. The van der Waals surface area contributed by atoms with Crippen LogP contribution in [0.25, 0.3) is 11.3 Å². The summed E-state index contributed by atoms with van der Waals surface area (Å²) in [5.41, 5.74) is 3.20. The highest BCUT2D eigenvalue weighted by atomic mass is 32.1. The lowest BCUT2D eigenvalue weighted by Gasteiger charge is -2.11. The molecule has 0 bridgehead atoms. The third-order valence-corrected chi connectivity index (χ3v) is 4.82. The predicted octanol–water partition coefficient (Wildman–Crippen LogP) is 4.07. The van der Waals surface area contributed by atoms with E-state index in [1.165, 1.54) is 0 Å². The number of nitrogens with one attached hydrogen (secondary N) is 2. The molecule has 2 aromatic carbocycles. The van der Waals surface area contributed by atoms with E-state index in [-0.39, 0.29) is 0 Å². The predicted molar refractivity (Wildman–Crippen MR) is 112 cm³/mol. The maximum atomic E-state index is 5.39. The molecule has 0 saturated heterocycles. The van der Waals surface area contributed by atoms with Crippen molar-refractivity contribution in [1.82, 2.24) is 15.6 Å². The van der Waals surface area contributed by atoms with E-state index in [4.69, 9.17) is 9.72 Å². The molecular formula is C21H24N4OS. The van der Waals surface area contributed by atoms with Crippen LogP contribution >= 0.6 is 11.3 Å². The van der Waals surface area contributed by atoms with Crippen LogP contribution < -0.4 is 15.4 Å². The van der Waals surface area contributed by atoms with Gasteiger partial charge in [0.25, 0.3) is 0 Å². The number of rotatable bonds is 7. The highest BCUT2D eigenvalue weighted by Crippen LogP contribution is 2.21. The van der Waals surface area contributed by atoms with Gasteiger partial charge in [-0.1, -0.05) is 48.5 Å². The van der Waals surface area contributed by atoms with Crippen molar-refractivity contribution in [3.63, 3.8) is 0 Å². The number of benzene rings is 2. The fourth-order valence-electron chi connectivity index (χ4n) is 2.63. The molecule has 0 fully saturated rings. The molecule has 27 heavy (non-hydrogen) atoms. The molecule has 0 aliphatic rings. The van der Waals surface area contributed by atoms with Gasteiger partial charge in [0.2, 0.25) is 0 Å². The van der Waals surface area contributed by atoms with Crippen molar-refractivity contribution in [2.24, 2.45) is 4.99 Å². The molecule has 2 N–H and O–H groups in total. The molecule has 0 amide bonds. The number of aliphatic imine (C=N–C) groups is 1. The summed E-state index contributed by atoms with van der Waals surface area (Å²) in [5.74, 6) is 1.62. The second-order valence-electron chi connectivity index (χ2n) is 5.85. The Morgan fingerprint density at radius 2 is 1.85 bits per heavy atom. The summed E-state index contributed by atoms with van der Waals surface area (Å²) in [6.07, 6.45) is 0. The van der Waals surface area contributed by atoms with E-state index in [1.807, 2.05) is 42.5 Å². The van der Waals surface area contributed by atoms with E-state index in [1.54, 1.807) is 18.4 Å². The molecule has 3 aromatic rings. The van der Waals surface area contributed by atoms with Gasteiger partial charge in [-0.15, -0.1) is 11.3 Å². The van der Waals surface area contributed by atoms with Crippen LogP contribution in [0.2, 0.25) is 0 Å². The fourth-order valence-corrected chi connectivity index (χ4v) is 3.38. The molecule has 0 unspecified atom stereocenters. The topological polar surface area (TPSA) is 58.5 Å². The van der Waals surface area contributed by atoms with E-state index in [2.05, 4.69) is 40.1 Å². The van der Waals surface area contributed by atoms with Gasteiger partial charge in [0.05, 0.1) is 25.9 Å². The monoisotopic (exact) mass is 380 g/mol. The van der Waals surface area contributed by atoms with Crippen molar-refractivity contribution >= 4 is 17.3 Å². The van der Waals surface area contributed by atoms with E-state index < -0.39 is 0 Å². The van der Waals surface area contributed by atoms with Crippen LogP contribution in [0.4, 0.5) is 0 Å². The second kappa shape index (κ2) is 9.73. The lowest BCUT2D eigenvalue weighted by molar-refractivity contribution is 0.410. The SMILES string of the molecule is CCNC(=NCc1ccccc1OC)NCc1nc(-c2ccccc2)cs1. The summed E-state index contributed by atoms with van der Waals surface area (Å²) in [6.45, 7) is 4.03. The van der Waals surface area contributed by atoms with Crippen LogP contribution in [0.1, 0.15) is 17.5 Å². The average Bonchev–Trinajstić information content (AvgIpc) is 3.20. The first-order valence-electron chi connectivity index (χ1n) is 8.94. The van der Waals surface area contributed by atoms with Crippen molar-refractivity contribution < 1.29 is 4.74 Å². The Balaban J connectivity index is 1.64. The van der Waals surface area contributed by atoms with Crippen LogP contribution in [0.3, 0.4) is 0 Å². The first-order chi connectivity index (χ1) is 13.3. The summed E-state index contributed by atoms with van der Waals surface area (Å²) in [7, 11) is 1.68. The number of hydrogen-bond donors (Lipinski definition) is 2. The molecule has 140 valence electrons. The lowest BCUT2D eigenvalue weighted by atomic mass is 10.2. The van der Waals surface area contributed by atoms with Gasteiger partial charge in [-0.05, 0) is 13.0 Å². The van der Waals surface area contributed by atoms with Gasteiger partial charge in [-0.2, -0.15) is 0 Å². The van der Waals surface area contributed by atoms with Crippen molar-refractivity contribution in [3.8, 4) is 17.0 Å². The fraction of sp³-hybridized carbons (Fsp3) is 0.238. The Kier molecular flexibility index (Phi) is 6.82. The molecule has 0 saturated carbocycles. The molecule has 0 atom stereocenters. The molecular weight excluding hydrogens is 356 g/mol. The minimum Gasteiger partial charge on any atom is -0.496 e. The Morgan fingerprint density at radius 3 is 2.63 bits per heavy atom. The molecule has 1 heterocycles. The number of nitrogens with zero attached hydrogens (tertiary/aromatic N) is 2. The molecule has 5 nitrogen and oxygen atoms in total. The van der Waals surface area contributed by atoms with Gasteiger partial charge in [-0.3, -0.25) is 0 Å². The largest absolute Gasteiger partial charge is 0.496 e. The highest BCUT2D eigenvalue weighted by molar-refractivity contribution is 7.09. The maximum absolute atomic E-state index is 5.39. The molecule has 3 rings (SSSR count). The number of hydrogen-bond acceptors (Lipinski definition) is 4. The molecule has 0 aliphatic heterocycles. The number of methoxy groups -OCH3 is 1. The van der Waals surface area contributed by atoms with Crippen molar-refractivity contribution in [1.29, 1.82) is 0 Å². The van der Waals surface area contributed by atoms with Crippen LogP contribution in [0.5, 0.6) is 5.75 Å². The first-order valence-corrected chi connectivity index (χ1v) is 9.82. The van der Waals surface area contributed by atoms with E-state index in [0.29, 0.717) is 13.1 Å². The minimum atomic E-state index is 0.548. The Bertz CT molecular complexity index is 877. The van der Waals surface area contributed by atoms with E-state index in [9.17, 15) is 0 Å². The molecule has 0 radical (unpaired) electrons. The number of guanidine groups is 1. The standard InChI is InChI=1S/C21H24N4OS/c1-3-22-21(23-13-17-11-7-8-12-19(17)26-2)24-14-20-25-18(15-27-20)16-9-5-4-6-10-16/h4-12,15H,3,13-14H2,1-2H3,(H2,22,23,24). The van der Waals surface area contributed by atoms with E-state index >= 15 is 0 Å². The highest BCUT2D eigenvalue weighted by Gasteiger charge is 2.06. The third kappa shape index (κ3) is 5.31. The summed E-state index contributed by atoms with van der Waals surface area (Å²) < 4.78 is 5.39. The molecule has 6 heteroatoms. The summed E-state index contributed by atoms with van der Waals surface area (Å²) >= 11 is 1.65. The summed E-state index contributed by atoms with van der Waals surface area (Å²) in [6, 6.07) is 18.2. The zero-order valence-corrected chi connectivity index (χ0v) is 16.4. The van der Waals surface area contributed by atoms with Gasteiger partial charge < -0.3 is 15.4 Å². The third-order valence-electron chi connectivity index (χ3n) is 3.97. The molecule has 1 aromatic heterocycles. The van der Waals surface area contributed by atoms with Crippen LogP contribution in [0.15, 0.2) is 65.0 Å². The van der Waals surface area contributed by atoms with Gasteiger partial charge >= 0.3 is 0 Å². The number of ether oxygens (including phenoxy) is 1. The maximum Gasteiger partial charge on any atom is 0.191 e. The Labute approximate surface area is 164 Å². The van der Waals surface area contributed by atoms with Gasteiger partial charge in [0, 0.05) is 23.1 Å². The van der Waals surface area contributed by atoms with Gasteiger partial charge in [0.15, 0.2) is 5.96 Å². The molecule has 0 spiro atoms. The van der Waals surface area contributed by atoms with Crippen LogP contribution in [0, 0.1) is 0 Å². The Morgan fingerprint density at radius 1 is 1.07 bits per heavy atom. The minimum absolute atomic E-state index is 0.548. The lowest BCUT2D eigenvalue weighted by Crippen LogP contribution is -2.36. The summed E-state index contributed by atoms with van der Waals surface area (Å²) in [5, 5.41) is 9.74. The first kappa shape index (κ1) is 18.9. The Hall–Kier alpha value is -2.86. The summed E-state index contributed by atoms with van der Waals surface area (Å²) in [4.78, 5) is 9.38. The van der Waals surface area contributed by atoms with Crippen molar-refractivity contribution in [3.05, 3.63) is 70.5 Å². The quantitative estimate of drug-likeness (QED) is 0.479. The van der Waals surface area contributed by atoms with Crippen molar-refractivity contribution in [2.75, 3.05) is 13.7 Å². The van der Waals surface area contributed by atoms with Crippen LogP contribution in [-0.4, -0.2) is 24.6 Å². The van der Waals surface area contributed by atoms with Gasteiger partial charge in [0.1, 0.15) is 10.8 Å². The molecule has 0 aliphatic carbocycles. The van der Waals surface area contributed by atoms with E-state index in [0.717, 1.165) is 40.1 Å². The zero-order valence-electron chi connectivity index (χ0n) is 15.6. The second-order valence-corrected chi connectivity index (χ2v) is 6.80. The number of aromatic nitrogens is 1. The van der Waals surface area contributed by atoms with Crippen molar-refractivity contribution in [2.45, 2.75) is 20.0 Å².